The van der Waals surface area contributed by atoms with Crippen LogP contribution < -0.4 is 0 Å². The van der Waals surface area contributed by atoms with Crippen molar-refractivity contribution in [3.05, 3.63) is 71.4 Å². The third-order valence-corrected chi connectivity index (χ3v) is 5.02. The van der Waals surface area contributed by atoms with E-state index in [-0.39, 0.29) is 17.2 Å². The number of rotatable bonds is 2. The fourth-order valence-corrected chi connectivity index (χ4v) is 3.82. The lowest BCUT2D eigenvalue weighted by Gasteiger charge is -2.14. The number of fused-ring (bicyclic) bond motifs is 5. The van der Waals surface area contributed by atoms with Gasteiger partial charge in [-0.2, -0.15) is 0 Å². The predicted octanol–water partition coefficient (Wildman–Crippen LogP) is 6.04. The van der Waals surface area contributed by atoms with Crippen LogP contribution in [-0.4, -0.2) is 15.2 Å². The molecule has 1 aliphatic heterocycles. The van der Waals surface area contributed by atoms with Crippen LogP contribution in [0.3, 0.4) is 0 Å². The molecule has 0 saturated carbocycles. The fourth-order valence-electron chi connectivity index (χ4n) is 3.82. The summed E-state index contributed by atoms with van der Waals surface area (Å²) in [6, 6.07) is 15.7. The number of aromatic nitrogens is 1. The minimum Gasteiger partial charge on any atom is -0.508 e. The number of benzene rings is 3. The Bertz CT molecular complexity index is 1360. The summed E-state index contributed by atoms with van der Waals surface area (Å²) in [6.45, 7) is 0. The maximum atomic E-state index is 14.0. The van der Waals surface area contributed by atoms with E-state index in [2.05, 4.69) is 10.2 Å². The van der Waals surface area contributed by atoms with Crippen molar-refractivity contribution >= 4 is 27.4 Å². The first-order valence-electron chi connectivity index (χ1n) is 8.59. The summed E-state index contributed by atoms with van der Waals surface area (Å²) >= 11 is 0. The molecule has 5 rings (SSSR count). The number of H-pyrrole nitrogens is 1. The van der Waals surface area contributed by atoms with Crippen molar-refractivity contribution in [1.82, 2.24) is 4.98 Å². The van der Waals surface area contributed by atoms with Crippen molar-refractivity contribution in [2.45, 2.75) is 0 Å². The van der Waals surface area contributed by atoms with Gasteiger partial charge < -0.3 is 15.2 Å². The molecular formula is C22H13FN2O3. The zero-order valence-corrected chi connectivity index (χ0v) is 14.4. The smallest absolute Gasteiger partial charge is 0.124 e. The largest absolute Gasteiger partial charge is 0.508 e. The molecule has 6 heteroatoms. The zero-order chi connectivity index (χ0) is 19.4. The molecule has 0 atom stereocenters. The van der Waals surface area contributed by atoms with E-state index >= 15 is 0 Å². The summed E-state index contributed by atoms with van der Waals surface area (Å²) in [7, 11) is 0. The highest BCUT2D eigenvalue weighted by molar-refractivity contribution is 6.22. The highest BCUT2D eigenvalue weighted by Gasteiger charge is 2.26. The highest BCUT2D eigenvalue weighted by atomic mass is 19.1. The maximum absolute atomic E-state index is 14.0. The molecule has 3 N–H and O–H groups in total. The maximum Gasteiger partial charge on any atom is 0.124 e. The summed E-state index contributed by atoms with van der Waals surface area (Å²) in [6.07, 6.45) is 0. The Kier molecular flexibility index (Phi) is 3.36. The van der Waals surface area contributed by atoms with Crippen molar-refractivity contribution in [1.29, 1.82) is 0 Å². The Morgan fingerprint density at radius 2 is 1.54 bits per heavy atom. The number of aromatic amines is 1. The van der Waals surface area contributed by atoms with E-state index in [1.807, 2.05) is 0 Å². The fraction of sp³-hybridized carbons (Fsp3) is 0. The van der Waals surface area contributed by atoms with E-state index in [0.717, 1.165) is 5.56 Å². The van der Waals surface area contributed by atoms with Crippen molar-refractivity contribution in [2.24, 2.45) is 5.18 Å². The first-order chi connectivity index (χ1) is 13.6. The van der Waals surface area contributed by atoms with Crippen LogP contribution in [0.4, 0.5) is 10.1 Å². The quantitative estimate of drug-likeness (QED) is 0.330. The van der Waals surface area contributed by atoms with Gasteiger partial charge in [0.1, 0.15) is 23.0 Å². The van der Waals surface area contributed by atoms with E-state index in [1.165, 1.54) is 24.3 Å². The average molecular weight is 372 g/mol. The molecule has 3 aromatic carbocycles. The number of hydrogen-bond acceptors (Lipinski definition) is 4. The zero-order valence-electron chi connectivity index (χ0n) is 14.4. The SMILES string of the molecule is O=Nc1c2c3cc(F)ccc3[nH]c(-c3ccc(O)cc3)c-2c2ccc(O)cc12. The van der Waals surface area contributed by atoms with Gasteiger partial charge in [-0.25, -0.2) is 4.39 Å². The number of hydrogen-bond donors (Lipinski definition) is 3. The monoisotopic (exact) mass is 372 g/mol. The van der Waals surface area contributed by atoms with Gasteiger partial charge >= 0.3 is 0 Å². The van der Waals surface area contributed by atoms with Crippen LogP contribution in [0.1, 0.15) is 0 Å². The number of halogens is 1. The summed E-state index contributed by atoms with van der Waals surface area (Å²) in [5.41, 5.74) is 3.51. The molecular weight excluding hydrogens is 359 g/mol. The van der Waals surface area contributed by atoms with Crippen LogP contribution in [0.5, 0.6) is 11.5 Å². The number of nitroso groups, excluding NO2 is 1. The van der Waals surface area contributed by atoms with E-state index < -0.39 is 5.82 Å². The van der Waals surface area contributed by atoms with Gasteiger partial charge in [0.05, 0.1) is 5.69 Å². The molecule has 0 radical (unpaired) electrons. The molecule has 136 valence electrons. The summed E-state index contributed by atoms with van der Waals surface area (Å²) in [5, 5.41) is 24.5. The molecule has 0 aromatic heterocycles. The van der Waals surface area contributed by atoms with Crippen molar-refractivity contribution in [3.63, 3.8) is 0 Å². The lowest BCUT2D eigenvalue weighted by Crippen LogP contribution is -1.93. The average Bonchev–Trinajstić information content (AvgIpc) is 3.02. The number of aromatic hydroxyl groups is 2. The summed E-state index contributed by atoms with van der Waals surface area (Å²) in [5.74, 6) is -0.279. The molecule has 0 bridgehead atoms. The molecule has 5 nitrogen and oxygen atoms in total. The molecule has 0 amide bonds. The van der Waals surface area contributed by atoms with Gasteiger partial charge in [0.15, 0.2) is 0 Å². The van der Waals surface area contributed by atoms with E-state index in [9.17, 15) is 19.5 Å². The van der Waals surface area contributed by atoms with Crippen molar-refractivity contribution < 1.29 is 14.6 Å². The molecule has 1 aliphatic carbocycles. The Hall–Kier alpha value is -3.93. The number of phenolic OH excluding ortho intramolecular Hbond substituents is 2. The lowest BCUT2D eigenvalue weighted by atomic mass is 9.96. The first kappa shape index (κ1) is 16.3. The molecule has 28 heavy (non-hydrogen) atoms. The Morgan fingerprint density at radius 1 is 0.786 bits per heavy atom. The van der Waals surface area contributed by atoms with Crippen LogP contribution in [-0.2, 0) is 0 Å². The number of phenols is 2. The molecule has 0 spiro atoms. The van der Waals surface area contributed by atoms with Crippen molar-refractivity contribution in [3.8, 4) is 33.9 Å². The van der Waals surface area contributed by atoms with Crippen LogP contribution in [0.2, 0.25) is 0 Å². The van der Waals surface area contributed by atoms with Crippen LogP contribution >= 0.6 is 0 Å². The predicted molar refractivity (Wildman–Crippen MR) is 107 cm³/mol. The minimum absolute atomic E-state index is 0.0124. The Morgan fingerprint density at radius 3 is 2.29 bits per heavy atom. The lowest BCUT2D eigenvalue weighted by molar-refractivity contribution is 0.475. The summed E-state index contributed by atoms with van der Waals surface area (Å²) in [4.78, 5) is 15.1. The van der Waals surface area contributed by atoms with E-state index in [4.69, 9.17) is 0 Å². The standard InChI is InChI=1S/C22H13FN2O3/c23-12-3-8-18-17(9-12)20-19(21(24-18)11-1-4-13(26)5-2-11)15-7-6-14(27)10-16(15)22(20)25-28/h1-10,24,26-27H. The second-order valence-corrected chi connectivity index (χ2v) is 6.66. The van der Waals surface area contributed by atoms with Gasteiger partial charge in [0, 0.05) is 27.4 Å². The molecule has 3 aromatic rings. The highest BCUT2D eigenvalue weighted by Crippen LogP contribution is 2.52. The van der Waals surface area contributed by atoms with Crippen LogP contribution in [0.15, 0.2) is 65.8 Å². The molecule has 0 fully saturated rings. The number of pyridine rings is 1. The van der Waals surface area contributed by atoms with Gasteiger partial charge in [-0.15, -0.1) is 4.91 Å². The third kappa shape index (κ3) is 2.24. The van der Waals surface area contributed by atoms with Gasteiger partial charge in [-0.3, -0.25) is 0 Å². The van der Waals surface area contributed by atoms with Gasteiger partial charge in [-0.1, -0.05) is 0 Å². The Balaban J connectivity index is 2.04. The van der Waals surface area contributed by atoms with E-state index in [0.29, 0.717) is 38.5 Å². The molecule has 0 unspecified atom stereocenters. The second kappa shape index (κ2) is 5.79. The molecule has 2 aliphatic rings. The van der Waals surface area contributed by atoms with Gasteiger partial charge in [-0.05, 0) is 76.8 Å². The Labute approximate surface area is 158 Å². The molecule has 1 heterocycles. The van der Waals surface area contributed by atoms with Crippen LogP contribution in [0.25, 0.3) is 44.1 Å². The van der Waals surface area contributed by atoms with Crippen LogP contribution in [0, 0.1) is 10.7 Å². The summed E-state index contributed by atoms with van der Waals surface area (Å²) < 4.78 is 14.0. The molecule has 0 saturated heterocycles. The number of nitrogens with zero attached hydrogens (tertiary/aromatic N) is 1. The van der Waals surface area contributed by atoms with Crippen molar-refractivity contribution in [2.75, 3.05) is 0 Å². The van der Waals surface area contributed by atoms with E-state index in [1.54, 1.807) is 36.4 Å². The van der Waals surface area contributed by atoms with Gasteiger partial charge in [0.2, 0.25) is 0 Å². The first-order valence-corrected chi connectivity index (χ1v) is 8.59. The topological polar surface area (TPSA) is 85.7 Å². The number of nitrogens with one attached hydrogen (secondary N) is 1. The third-order valence-electron chi connectivity index (χ3n) is 5.02. The van der Waals surface area contributed by atoms with Gasteiger partial charge in [0.25, 0.3) is 0 Å². The minimum atomic E-state index is -0.426. The second-order valence-electron chi connectivity index (χ2n) is 6.66. The normalized spacial score (nSPS) is 11.5.